The molecule has 0 radical (unpaired) electrons. The van der Waals surface area contributed by atoms with E-state index in [1.807, 2.05) is 48.9 Å². The first-order valence-electron chi connectivity index (χ1n) is 9.80. The molecule has 154 valence electrons. The molecule has 9 heteroatoms. The minimum absolute atomic E-state index is 0.0718. The van der Waals surface area contributed by atoms with E-state index in [1.165, 1.54) is 11.8 Å². The van der Waals surface area contributed by atoms with E-state index in [2.05, 4.69) is 26.0 Å². The average Bonchev–Trinajstić information content (AvgIpc) is 3.10. The van der Waals surface area contributed by atoms with Gasteiger partial charge in [0.25, 0.3) is 0 Å². The second kappa shape index (κ2) is 7.55. The van der Waals surface area contributed by atoms with E-state index in [4.69, 9.17) is 4.52 Å². The molecular weight excluding hydrogens is 418 g/mol. The van der Waals surface area contributed by atoms with Crippen molar-refractivity contribution in [3.8, 4) is 16.5 Å². The van der Waals surface area contributed by atoms with Crippen LogP contribution in [-0.2, 0) is 0 Å². The first-order valence-corrected chi connectivity index (χ1v) is 11.7. The van der Waals surface area contributed by atoms with Crippen molar-refractivity contribution in [2.45, 2.75) is 44.8 Å². The normalized spacial score (nSPS) is 13.8. The molecule has 1 saturated carbocycles. The van der Waals surface area contributed by atoms with Crippen molar-refractivity contribution in [1.29, 1.82) is 0 Å². The van der Waals surface area contributed by atoms with Gasteiger partial charge in [-0.15, -0.1) is 21.5 Å². The van der Waals surface area contributed by atoms with Crippen LogP contribution in [0, 0.1) is 20.8 Å². The van der Waals surface area contributed by atoms with Crippen LogP contribution >= 0.6 is 23.1 Å². The molecule has 0 saturated heterocycles. The topological polar surface area (TPSA) is 78.7 Å². The van der Waals surface area contributed by atoms with Gasteiger partial charge in [-0.05, 0) is 51.1 Å². The lowest BCUT2D eigenvalue weighted by molar-refractivity contribution is 0.102. The van der Waals surface area contributed by atoms with Crippen LogP contribution in [0.4, 0.5) is 0 Å². The van der Waals surface area contributed by atoms with Gasteiger partial charge >= 0.3 is 0 Å². The Morgan fingerprint density at radius 1 is 1.27 bits per heavy atom. The van der Waals surface area contributed by atoms with Gasteiger partial charge in [0.15, 0.2) is 22.6 Å². The Balaban J connectivity index is 1.38. The summed E-state index contributed by atoms with van der Waals surface area (Å²) in [6.45, 7) is 5.77. The Morgan fingerprint density at radius 2 is 2.10 bits per heavy atom. The van der Waals surface area contributed by atoms with Gasteiger partial charge in [-0.1, -0.05) is 23.0 Å². The van der Waals surface area contributed by atoms with Crippen molar-refractivity contribution in [2.24, 2.45) is 0 Å². The molecule has 0 atom stereocenters. The van der Waals surface area contributed by atoms with Gasteiger partial charge in [0.05, 0.1) is 10.6 Å². The number of aromatic nitrogens is 5. The van der Waals surface area contributed by atoms with Crippen LogP contribution in [0.5, 0.6) is 0 Å². The lowest BCUT2D eigenvalue weighted by atomic mass is 10.2. The Hall–Kier alpha value is -2.65. The molecular formula is C21H21N5O2S2. The summed E-state index contributed by atoms with van der Waals surface area (Å²) in [4.78, 5) is 14.1. The van der Waals surface area contributed by atoms with Crippen LogP contribution in [-0.4, -0.2) is 36.0 Å². The van der Waals surface area contributed by atoms with Gasteiger partial charge in [0.2, 0.25) is 0 Å². The zero-order chi connectivity index (χ0) is 20.8. The summed E-state index contributed by atoms with van der Waals surface area (Å²) in [6, 6.07) is 8.32. The molecule has 0 spiro atoms. The molecule has 4 heterocycles. The first kappa shape index (κ1) is 19.3. The summed E-state index contributed by atoms with van der Waals surface area (Å²) in [5, 5.41) is 15.8. The lowest BCUT2D eigenvalue weighted by Crippen LogP contribution is -2.07. The van der Waals surface area contributed by atoms with Crippen molar-refractivity contribution in [2.75, 3.05) is 5.75 Å². The van der Waals surface area contributed by atoms with E-state index in [9.17, 15) is 4.79 Å². The van der Waals surface area contributed by atoms with Gasteiger partial charge in [0, 0.05) is 29.1 Å². The molecule has 4 aromatic rings. The Morgan fingerprint density at radius 3 is 2.77 bits per heavy atom. The maximum atomic E-state index is 13.0. The number of nitrogens with zero attached hydrogens (tertiary/aromatic N) is 5. The largest absolute Gasteiger partial charge is 0.360 e. The number of thioether (sulfide) groups is 1. The summed E-state index contributed by atoms with van der Waals surface area (Å²) in [6.07, 6.45) is 2.27. The number of aryl methyl sites for hydroxylation is 2. The number of carbonyl (C=O) groups excluding carboxylic acids is 1. The summed E-state index contributed by atoms with van der Waals surface area (Å²) in [7, 11) is 0. The molecule has 0 unspecified atom stereocenters. The lowest BCUT2D eigenvalue weighted by Gasteiger charge is -2.08. The number of Topliss-reactive ketones (excluding diaryl/α,β-unsaturated/α-hetero) is 1. The number of thiophene rings is 1. The maximum Gasteiger partial charge on any atom is 0.192 e. The predicted molar refractivity (Wildman–Crippen MR) is 117 cm³/mol. The Bertz CT molecular complexity index is 1210. The van der Waals surface area contributed by atoms with Gasteiger partial charge in [-0.3, -0.25) is 13.9 Å². The molecule has 1 aliphatic rings. The molecule has 1 fully saturated rings. The van der Waals surface area contributed by atoms with E-state index < -0.39 is 0 Å². The number of ketones is 1. The second-order valence-electron chi connectivity index (χ2n) is 7.51. The van der Waals surface area contributed by atoms with Crippen molar-refractivity contribution in [3.63, 3.8) is 0 Å². The number of hydrogen-bond donors (Lipinski definition) is 0. The summed E-state index contributed by atoms with van der Waals surface area (Å²) in [5.74, 6) is 2.73. The first-order chi connectivity index (χ1) is 14.5. The van der Waals surface area contributed by atoms with E-state index >= 15 is 0 Å². The van der Waals surface area contributed by atoms with Gasteiger partial charge in [0.1, 0.15) is 5.76 Å². The molecule has 5 rings (SSSR count). The van der Waals surface area contributed by atoms with E-state index in [-0.39, 0.29) is 5.78 Å². The smallest absolute Gasteiger partial charge is 0.192 e. The van der Waals surface area contributed by atoms with E-state index in [0.717, 1.165) is 45.8 Å². The molecule has 30 heavy (non-hydrogen) atoms. The third-order valence-electron chi connectivity index (χ3n) is 5.23. The third kappa shape index (κ3) is 3.41. The van der Waals surface area contributed by atoms with Crippen LogP contribution < -0.4 is 0 Å². The van der Waals surface area contributed by atoms with Crippen LogP contribution in [0.2, 0.25) is 0 Å². The molecule has 1 aliphatic carbocycles. The van der Waals surface area contributed by atoms with Crippen molar-refractivity contribution in [3.05, 3.63) is 52.4 Å². The fourth-order valence-corrected chi connectivity index (χ4v) is 5.27. The highest BCUT2D eigenvalue weighted by atomic mass is 32.2. The number of carbonyl (C=O) groups is 1. The highest BCUT2D eigenvalue weighted by molar-refractivity contribution is 7.99. The second-order valence-corrected chi connectivity index (χ2v) is 9.40. The van der Waals surface area contributed by atoms with Gasteiger partial charge < -0.3 is 4.52 Å². The zero-order valence-electron chi connectivity index (χ0n) is 17.0. The van der Waals surface area contributed by atoms with Crippen LogP contribution in [0.25, 0.3) is 16.5 Å². The SMILES string of the molecule is Cc1cc(-n2c(C)cc(C(=O)CSc3nnc(-c4cccs4)n3C3CC3)c2C)no1. The van der Waals surface area contributed by atoms with Crippen LogP contribution in [0.1, 0.15) is 46.4 Å². The molecule has 0 amide bonds. The molecule has 0 bridgehead atoms. The minimum atomic E-state index is 0.0718. The zero-order valence-corrected chi connectivity index (χ0v) is 18.6. The summed E-state index contributed by atoms with van der Waals surface area (Å²) < 4.78 is 9.36. The number of hydrogen-bond acceptors (Lipinski definition) is 7. The van der Waals surface area contributed by atoms with Crippen molar-refractivity contribution < 1.29 is 9.32 Å². The third-order valence-corrected chi connectivity index (χ3v) is 7.04. The molecule has 0 aliphatic heterocycles. The Kier molecular flexibility index (Phi) is 4.86. The standard InChI is InChI=1S/C21H21N5O2S2/c1-12-9-16(14(3)25(12)19-10-13(2)28-24-19)17(27)11-30-21-23-22-20(18-5-4-8-29-18)26(21)15-6-7-15/h4-5,8-10,15H,6-7,11H2,1-3H3. The van der Waals surface area contributed by atoms with E-state index in [0.29, 0.717) is 23.2 Å². The van der Waals surface area contributed by atoms with Crippen LogP contribution in [0.15, 0.2) is 39.3 Å². The summed E-state index contributed by atoms with van der Waals surface area (Å²) in [5.41, 5.74) is 2.53. The van der Waals surface area contributed by atoms with Gasteiger partial charge in [-0.25, -0.2) is 0 Å². The number of rotatable bonds is 7. The van der Waals surface area contributed by atoms with Crippen molar-refractivity contribution in [1.82, 2.24) is 24.5 Å². The highest BCUT2D eigenvalue weighted by Gasteiger charge is 2.31. The van der Waals surface area contributed by atoms with Crippen LogP contribution in [0.3, 0.4) is 0 Å². The van der Waals surface area contributed by atoms with E-state index in [1.54, 1.807) is 11.3 Å². The molecule has 0 N–H and O–H groups in total. The monoisotopic (exact) mass is 439 g/mol. The maximum absolute atomic E-state index is 13.0. The average molecular weight is 440 g/mol. The fourth-order valence-electron chi connectivity index (χ4n) is 3.68. The van der Waals surface area contributed by atoms with Gasteiger partial charge in [-0.2, -0.15) is 0 Å². The molecule has 7 nitrogen and oxygen atoms in total. The molecule has 4 aromatic heterocycles. The fraction of sp³-hybridized carbons (Fsp3) is 0.333. The highest BCUT2D eigenvalue weighted by Crippen LogP contribution is 2.41. The Labute approximate surface area is 182 Å². The molecule has 0 aromatic carbocycles. The van der Waals surface area contributed by atoms with Crippen molar-refractivity contribution >= 4 is 28.9 Å². The predicted octanol–water partition coefficient (Wildman–Crippen LogP) is 5.02. The summed E-state index contributed by atoms with van der Waals surface area (Å²) >= 11 is 3.12. The quantitative estimate of drug-likeness (QED) is 0.297. The minimum Gasteiger partial charge on any atom is -0.360 e.